The first-order valence-corrected chi connectivity index (χ1v) is 5.70. The maximum atomic E-state index is 11.7. The second kappa shape index (κ2) is 5.15. The second-order valence-electron chi connectivity index (χ2n) is 3.98. The average molecular weight is 294 g/mol. The number of carbonyl (C=O) groups is 3. The number of imidazole rings is 1. The number of ether oxygens (including phenoxy) is 2. The van der Waals surface area contributed by atoms with Crippen molar-refractivity contribution in [1.82, 2.24) is 19.5 Å². The summed E-state index contributed by atoms with van der Waals surface area (Å²) < 4.78 is 10.2. The standard InChI is InChI=1S/C11H10N4O6/c1-4(16)15-8-7(12-11(15)19)9(20-5(2)17)14-10(13-8)21-6(3)18/h1-3H3,(H,12,19). The first-order chi connectivity index (χ1) is 9.79. The number of aromatic amines is 1. The van der Waals surface area contributed by atoms with E-state index < -0.39 is 29.5 Å². The molecule has 2 rings (SSSR count). The molecular weight excluding hydrogens is 284 g/mol. The minimum absolute atomic E-state index is 0.0543. The van der Waals surface area contributed by atoms with E-state index in [2.05, 4.69) is 15.0 Å². The minimum atomic E-state index is -0.778. The van der Waals surface area contributed by atoms with Gasteiger partial charge in [-0.05, 0) is 0 Å². The molecule has 10 nitrogen and oxygen atoms in total. The molecular formula is C11H10N4O6. The number of H-pyrrole nitrogens is 1. The molecule has 0 spiro atoms. The summed E-state index contributed by atoms with van der Waals surface area (Å²) in [5, 5.41) is 0. The van der Waals surface area contributed by atoms with Crippen molar-refractivity contribution in [3.05, 3.63) is 10.5 Å². The lowest BCUT2D eigenvalue weighted by molar-refractivity contribution is -0.132. The van der Waals surface area contributed by atoms with Crippen LogP contribution in [-0.4, -0.2) is 37.4 Å². The topological polar surface area (TPSA) is 133 Å². The highest BCUT2D eigenvalue weighted by Crippen LogP contribution is 2.22. The Bertz CT molecular complexity index is 818. The Balaban J connectivity index is 2.77. The van der Waals surface area contributed by atoms with Gasteiger partial charge in [-0.3, -0.25) is 19.4 Å². The third kappa shape index (κ3) is 2.78. The lowest BCUT2D eigenvalue weighted by Crippen LogP contribution is -2.22. The van der Waals surface area contributed by atoms with Gasteiger partial charge in [0.05, 0.1) is 0 Å². The summed E-state index contributed by atoms with van der Waals surface area (Å²) >= 11 is 0. The van der Waals surface area contributed by atoms with E-state index in [0.29, 0.717) is 4.57 Å². The number of rotatable bonds is 2. The van der Waals surface area contributed by atoms with E-state index in [1.54, 1.807) is 0 Å². The van der Waals surface area contributed by atoms with Gasteiger partial charge in [-0.15, -0.1) is 0 Å². The molecule has 10 heteroatoms. The zero-order chi connectivity index (χ0) is 15.7. The molecule has 1 N–H and O–H groups in total. The molecule has 110 valence electrons. The largest absolute Gasteiger partial charge is 0.405 e. The highest BCUT2D eigenvalue weighted by Gasteiger charge is 2.20. The molecule has 0 aliphatic rings. The van der Waals surface area contributed by atoms with Crippen molar-refractivity contribution in [1.29, 1.82) is 0 Å². The van der Waals surface area contributed by atoms with Crippen LogP contribution in [-0.2, 0) is 9.59 Å². The van der Waals surface area contributed by atoms with Gasteiger partial charge in [0.15, 0.2) is 11.2 Å². The van der Waals surface area contributed by atoms with E-state index in [9.17, 15) is 19.2 Å². The first kappa shape index (κ1) is 14.4. The van der Waals surface area contributed by atoms with Crippen molar-refractivity contribution in [2.75, 3.05) is 0 Å². The summed E-state index contributed by atoms with van der Waals surface area (Å²) in [6.45, 7) is 3.39. The molecule has 0 aliphatic heterocycles. The average Bonchev–Trinajstić information content (AvgIpc) is 2.64. The van der Waals surface area contributed by atoms with Crippen LogP contribution >= 0.6 is 0 Å². The van der Waals surface area contributed by atoms with Gasteiger partial charge in [0.25, 0.3) is 5.88 Å². The van der Waals surface area contributed by atoms with Crippen LogP contribution in [0.4, 0.5) is 0 Å². The Morgan fingerprint density at radius 3 is 2.19 bits per heavy atom. The summed E-state index contributed by atoms with van der Waals surface area (Å²) in [6.07, 6.45) is 0. The van der Waals surface area contributed by atoms with Crippen molar-refractivity contribution in [2.45, 2.75) is 20.8 Å². The van der Waals surface area contributed by atoms with Crippen molar-refractivity contribution < 1.29 is 23.9 Å². The van der Waals surface area contributed by atoms with Gasteiger partial charge in [0, 0.05) is 20.8 Å². The fourth-order valence-corrected chi connectivity index (χ4v) is 1.62. The van der Waals surface area contributed by atoms with Crippen molar-refractivity contribution in [2.24, 2.45) is 0 Å². The molecule has 0 atom stereocenters. The highest BCUT2D eigenvalue weighted by molar-refractivity contribution is 5.89. The summed E-state index contributed by atoms with van der Waals surface area (Å²) in [6, 6.07) is -0.444. The SMILES string of the molecule is CC(=O)Oc1nc(OC(C)=O)c2[nH]c(=O)n(C(C)=O)c2n1. The lowest BCUT2D eigenvalue weighted by atomic mass is 10.5. The van der Waals surface area contributed by atoms with E-state index >= 15 is 0 Å². The van der Waals surface area contributed by atoms with Gasteiger partial charge in [0.1, 0.15) is 0 Å². The van der Waals surface area contributed by atoms with Crippen LogP contribution in [0.3, 0.4) is 0 Å². The molecule has 0 aromatic carbocycles. The van der Waals surface area contributed by atoms with Gasteiger partial charge in [0.2, 0.25) is 5.91 Å². The van der Waals surface area contributed by atoms with E-state index in [1.165, 1.54) is 0 Å². The molecule has 0 fully saturated rings. The van der Waals surface area contributed by atoms with Gasteiger partial charge in [-0.25, -0.2) is 9.36 Å². The summed E-state index contributed by atoms with van der Waals surface area (Å²) in [5.41, 5.74) is -0.989. The van der Waals surface area contributed by atoms with Crippen LogP contribution in [0.25, 0.3) is 11.2 Å². The molecule has 0 aliphatic carbocycles. The molecule has 0 radical (unpaired) electrons. The van der Waals surface area contributed by atoms with Crippen LogP contribution in [0.2, 0.25) is 0 Å². The maximum Gasteiger partial charge on any atom is 0.334 e. The van der Waals surface area contributed by atoms with Crippen molar-refractivity contribution in [3.8, 4) is 11.9 Å². The molecule has 0 unspecified atom stereocenters. The van der Waals surface area contributed by atoms with E-state index in [1.807, 2.05) is 0 Å². The molecule has 0 bridgehead atoms. The maximum absolute atomic E-state index is 11.7. The molecule has 0 saturated carbocycles. The third-order valence-corrected chi connectivity index (χ3v) is 2.27. The Morgan fingerprint density at radius 1 is 1.05 bits per heavy atom. The molecule has 2 aromatic heterocycles. The van der Waals surface area contributed by atoms with Gasteiger partial charge < -0.3 is 9.47 Å². The zero-order valence-corrected chi connectivity index (χ0v) is 11.3. The molecule has 2 heterocycles. The number of carbonyl (C=O) groups excluding carboxylic acids is 3. The Kier molecular flexibility index (Phi) is 3.52. The minimum Gasteiger partial charge on any atom is -0.405 e. The van der Waals surface area contributed by atoms with Crippen LogP contribution in [0, 0.1) is 0 Å². The Hall–Kier alpha value is -3.04. The van der Waals surface area contributed by atoms with Crippen LogP contribution in [0.5, 0.6) is 11.9 Å². The quantitative estimate of drug-likeness (QED) is 0.741. The van der Waals surface area contributed by atoms with E-state index in [0.717, 1.165) is 20.8 Å². The monoisotopic (exact) mass is 294 g/mol. The smallest absolute Gasteiger partial charge is 0.334 e. The van der Waals surface area contributed by atoms with Gasteiger partial charge in [-0.1, -0.05) is 0 Å². The number of nitrogens with zero attached hydrogens (tertiary/aromatic N) is 3. The fourth-order valence-electron chi connectivity index (χ4n) is 1.62. The number of fused-ring (bicyclic) bond motifs is 1. The number of hydrogen-bond donors (Lipinski definition) is 1. The first-order valence-electron chi connectivity index (χ1n) is 5.70. The summed E-state index contributed by atoms with van der Waals surface area (Å²) in [7, 11) is 0. The fraction of sp³-hybridized carbons (Fsp3) is 0.273. The number of hydrogen-bond acceptors (Lipinski definition) is 8. The van der Waals surface area contributed by atoms with Gasteiger partial charge >= 0.3 is 23.6 Å². The normalized spacial score (nSPS) is 10.4. The van der Waals surface area contributed by atoms with Crippen molar-refractivity contribution in [3.63, 3.8) is 0 Å². The highest BCUT2D eigenvalue weighted by atomic mass is 16.6. The van der Waals surface area contributed by atoms with Crippen LogP contribution in [0.1, 0.15) is 25.6 Å². The Labute approximate surface area is 116 Å². The van der Waals surface area contributed by atoms with Crippen LogP contribution < -0.4 is 15.2 Å². The molecule has 0 saturated heterocycles. The van der Waals surface area contributed by atoms with Gasteiger partial charge in [-0.2, -0.15) is 9.97 Å². The predicted molar refractivity (Wildman–Crippen MR) is 67.1 cm³/mol. The van der Waals surface area contributed by atoms with Crippen LogP contribution in [0.15, 0.2) is 4.79 Å². The summed E-state index contributed by atoms with van der Waals surface area (Å²) in [5.74, 6) is -2.36. The zero-order valence-electron chi connectivity index (χ0n) is 11.3. The van der Waals surface area contributed by atoms with E-state index in [-0.39, 0.29) is 17.0 Å². The molecule has 0 amide bonds. The summed E-state index contributed by atoms with van der Waals surface area (Å²) in [4.78, 5) is 55.0. The molecule has 21 heavy (non-hydrogen) atoms. The predicted octanol–water partition coefficient (Wildman–Crippen LogP) is -0.370. The third-order valence-electron chi connectivity index (χ3n) is 2.27. The lowest BCUT2D eigenvalue weighted by Gasteiger charge is -2.04. The Morgan fingerprint density at radius 2 is 1.67 bits per heavy atom. The number of nitrogens with one attached hydrogen (secondary N) is 1. The number of aromatic nitrogens is 4. The van der Waals surface area contributed by atoms with Crippen molar-refractivity contribution >= 4 is 29.0 Å². The number of esters is 2. The van der Waals surface area contributed by atoms with E-state index in [4.69, 9.17) is 9.47 Å². The molecule has 2 aromatic rings. The second-order valence-corrected chi connectivity index (χ2v) is 3.98.